The van der Waals surface area contributed by atoms with E-state index in [9.17, 15) is 0 Å². The summed E-state index contributed by atoms with van der Waals surface area (Å²) in [5, 5.41) is 3.23. The van der Waals surface area contributed by atoms with E-state index in [4.69, 9.17) is 5.73 Å². The maximum absolute atomic E-state index is 6.24. The second-order valence-electron chi connectivity index (χ2n) is 3.77. The zero-order valence-electron chi connectivity index (χ0n) is 8.01. The van der Waals surface area contributed by atoms with Crippen molar-refractivity contribution in [1.29, 1.82) is 0 Å². The summed E-state index contributed by atoms with van der Waals surface area (Å²) in [7, 11) is 0. The van der Waals surface area contributed by atoms with Crippen molar-refractivity contribution in [3.8, 4) is 0 Å². The number of nitrogens with one attached hydrogen (secondary N) is 1. The number of hydrogen-bond donors (Lipinski definition) is 2. The lowest BCUT2D eigenvalue weighted by Gasteiger charge is -2.40. The lowest BCUT2D eigenvalue weighted by Crippen LogP contribution is -2.63. The topological polar surface area (TPSA) is 38.0 Å². The molecule has 0 amide bonds. The molecule has 1 aromatic rings. The summed E-state index contributed by atoms with van der Waals surface area (Å²) in [6.45, 7) is 3.99. The minimum absolute atomic E-state index is 0.105. The summed E-state index contributed by atoms with van der Waals surface area (Å²) in [5.41, 5.74) is 8.83. The highest BCUT2D eigenvalue weighted by molar-refractivity contribution is 5.36. The van der Waals surface area contributed by atoms with Crippen LogP contribution in [0.4, 0.5) is 0 Å². The van der Waals surface area contributed by atoms with E-state index >= 15 is 0 Å². The fraction of sp³-hybridized carbons (Fsp3) is 0.455. The van der Waals surface area contributed by atoms with Gasteiger partial charge in [-0.1, -0.05) is 31.2 Å². The Labute approximate surface area is 79.1 Å². The molecule has 1 aromatic carbocycles. The molecule has 0 saturated carbocycles. The molecule has 1 heterocycles. The Morgan fingerprint density at radius 2 is 2.08 bits per heavy atom. The second-order valence-corrected chi connectivity index (χ2v) is 3.77. The molecule has 3 N–H and O–H groups in total. The Bertz CT molecular complexity index is 303. The predicted octanol–water partition coefficient (Wildman–Crippen LogP) is 1.01. The van der Waals surface area contributed by atoms with Gasteiger partial charge in [0, 0.05) is 13.1 Å². The summed E-state index contributed by atoms with van der Waals surface area (Å²) < 4.78 is 0. The first kappa shape index (κ1) is 8.73. The minimum atomic E-state index is -0.105. The van der Waals surface area contributed by atoms with Gasteiger partial charge in [-0.2, -0.15) is 0 Å². The van der Waals surface area contributed by atoms with Gasteiger partial charge in [0.25, 0.3) is 0 Å². The lowest BCUT2D eigenvalue weighted by molar-refractivity contribution is 0.285. The summed E-state index contributed by atoms with van der Waals surface area (Å²) in [4.78, 5) is 0. The van der Waals surface area contributed by atoms with Crippen LogP contribution in [0, 0.1) is 0 Å². The van der Waals surface area contributed by atoms with Crippen molar-refractivity contribution in [3.63, 3.8) is 0 Å². The van der Waals surface area contributed by atoms with Crippen molar-refractivity contribution in [2.45, 2.75) is 18.9 Å². The van der Waals surface area contributed by atoms with Crippen molar-refractivity contribution in [1.82, 2.24) is 5.32 Å². The molecule has 0 radical (unpaired) electrons. The highest BCUT2D eigenvalue weighted by atomic mass is 15.1. The van der Waals surface area contributed by atoms with Gasteiger partial charge in [0.15, 0.2) is 0 Å². The number of nitrogens with two attached hydrogens (primary N) is 1. The highest BCUT2D eigenvalue weighted by Crippen LogP contribution is 2.25. The van der Waals surface area contributed by atoms with Crippen molar-refractivity contribution in [3.05, 3.63) is 35.4 Å². The fourth-order valence-electron chi connectivity index (χ4n) is 1.90. The zero-order valence-corrected chi connectivity index (χ0v) is 8.01. The van der Waals surface area contributed by atoms with Crippen LogP contribution in [0.15, 0.2) is 24.3 Å². The minimum Gasteiger partial charge on any atom is -0.319 e. The number of benzene rings is 1. The van der Waals surface area contributed by atoms with Crippen LogP contribution in [0.25, 0.3) is 0 Å². The van der Waals surface area contributed by atoms with E-state index in [0.29, 0.717) is 0 Å². The van der Waals surface area contributed by atoms with Crippen molar-refractivity contribution >= 4 is 0 Å². The monoisotopic (exact) mass is 176 g/mol. The Morgan fingerprint density at radius 1 is 1.38 bits per heavy atom. The maximum atomic E-state index is 6.24. The first-order valence-electron chi connectivity index (χ1n) is 4.84. The molecule has 0 aromatic heterocycles. The number of aryl methyl sites for hydroxylation is 1. The van der Waals surface area contributed by atoms with E-state index in [2.05, 4.69) is 36.5 Å². The largest absolute Gasteiger partial charge is 0.319 e. The molecule has 2 rings (SSSR count). The molecule has 2 heteroatoms. The van der Waals surface area contributed by atoms with E-state index < -0.39 is 0 Å². The van der Waals surface area contributed by atoms with E-state index in [1.807, 2.05) is 0 Å². The Kier molecular flexibility index (Phi) is 2.10. The molecule has 0 bridgehead atoms. The van der Waals surface area contributed by atoms with Gasteiger partial charge < -0.3 is 11.1 Å². The summed E-state index contributed by atoms with van der Waals surface area (Å²) >= 11 is 0. The molecule has 0 spiro atoms. The first-order valence-corrected chi connectivity index (χ1v) is 4.84. The second kappa shape index (κ2) is 3.13. The van der Waals surface area contributed by atoms with Gasteiger partial charge in [0.05, 0.1) is 5.54 Å². The molecule has 70 valence electrons. The molecule has 2 nitrogen and oxygen atoms in total. The van der Waals surface area contributed by atoms with Crippen LogP contribution in [-0.2, 0) is 12.0 Å². The van der Waals surface area contributed by atoms with Crippen LogP contribution in [0.1, 0.15) is 18.1 Å². The van der Waals surface area contributed by atoms with Gasteiger partial charge in [0.2, 0.25) is 0 Å². The summed E-state index contributed by atoms with van der Waals surface area (Å²) in [6, 6.07) is 8.47. The Hall–Kier alpha value is -0.860. The molecular formula is C11H16N2. The Balaban J connectivity index is 2.38. The van der Waals surface area contributed by atoms with Crippen LogP contribution >= 0.6 is 0 Å². The van der Waals surface area contributed by atoms with Gasteiger partial charge in [-0.15, -0.1) is 0 Å². The third-order valence-electron chi connectivity index (χ3n) is 2.82. The molecule has 0 aliphatic carbocycles. The van der Waals surface area contributed by atoms with Crippen molar-refractivity contribution < 1.29 is 0 Å². The number of rotatable bonds is 2. The normalized spacial score (nSPS) is 19.5. The van der Waals surface area contributed by atoms with E-state index in [1.54, 1.807) is 0 Å². The van der Waals surface area contributed by atoms with Gasteiger partial charge in [-0.3, -0.25) is 0 Å². The average molecular weight is 176 g/mol. The summed E-state index contributed by atoms with van der Waals surface area (Å²) in [5.74, 6) is 0. The van der Waals surface area contributed by atoms with Crippen LogP contribution < -0.4 is 11.1 Å². The van der Waals surface area contributed by atoms with Gasteiger partial charge >= 0.3 is 0 Å². The summed E-state index contributed by atoms with van der Waals surface area (Å²) in [6.07, 6.45) is 1.06. The maximum Gasteiger partial charge on any atom is 0.0665 e. The van der Waals surface area contributed by atoms with E-state index in [0.717, 1.165) is 19.5 Å². The van der Waals surface area contributed by atoms with Crippen LogP contribution in [0.5, 0.6) is 0 Å². The van der Waals surface area contributed by atoms with E-state index in [-0.39, 0.29) is 5.54 Å². The van der Waals surface area contributed by atoms with E-state index in [1.165, 1.54) is 11.1 Å². The standard InChI is InChI=1S/C11H16N2/c1-2-9-5-3-4-6-10(9)11(12)7-13-8-11/h3-6,13H,2,7-8,12H2,1H3. The smallest absolute Gasteiger partial charge is 0.0665 e. The highest BCUT2D eigenvalue weighted by Gasteiger charge is 2.35. The third-order valence-corrected chi connectivity index (χ3v) is 2.82. The fourth-order valence-corrected chi connectivity index (χ4v) is 1.90. The SMILES string of the molecule is CCc1ccccc1C1(N)CNC1. The van der Waals surface area contributed by atoms with Gasteiger partial charge in [-0.25, -0.2) is 0 Å². The molecule has 1 aliphatic heterocycles. The van der Waals surface area contributed by atoms with Crippen LogP contribution in [-0.4, -0.2) is 13.1 Å². The van der Waals surface area contributed by atoms with Crippen LogP contribution in [0.3, 0.4) is 0 Å². The van der Waals surface area contributed by atoms with Crippen molar-refractivity contribution in [2.24, 2.45) is 5.73 Å². The van der Waals surface area contributed by atoms with Gasteiger partial charge in [-0.05, 0) is 17.5 Å². The average Bonchev–Trinajstić information content (AvgIpc) is 2.14. The zero-order chi connectivity index (χ0) is 9.31. The van der Waals surface area contributed by atoms with Crippen molar-refractivity contribution in [2.75, 3.05) is 13.1 Å². The molecule has 1 aliphatic rings. The molecule has 1 saturated heterocycles. The van der Waals surface area contributed by atoms with Gasteiger partial charge in [0.1, 0.15) is 0 Å². The Morgan fingerprint density at radius 3 is 2.62 bits per heavy atom. The molecule has 0 atom stereocenters. The number of hydrogen-bond acceptors (Lipinski definition) is 2. The molecule has 0 unspecified atom stereocenters. The quantitative estimate of drug-likeness (QED) is 0.705. The molecular weight excluding hydrogens is 160 g/mol. The van der Waals surface area contributed by atoms with Crippen LogP contribution in [0.2, 0.25) is 0 Å². The third kappa shape index (κ3) is 1.36. The molecule has 13 heavy (non-hydrogen) atoms. The lowest BCUT2D eigenvalue weighted by atomic mass is 9.82. The predicted molar refractivity (Wildman–Crippen MR) is 54.6 cm³/mol. The first-order chi connectivity index (χ1) is 6.26. The molecule has 1 fully saturated rings.